The predicted molar refractivity (Wildman–Crippen MR) is 116 cm³/mol. The first-order valence-electron chi connectivity index (χ1n) is 10.3. The van der Waals surface area contributed by atoms with E-state index in [9.17, 15) is 22.8 Å². The Hall–Kier alpha value is -3.99. The molecule has 1 unspecified atom stereocenters. The summed E-state index contributed by atoms with van der Waals surface area (Å²) in [5.41, 5.74) is 5.74. The van der Waals surface area contributed by atoms with E-state index in [-0.39, 0.29) is 35.8 Å². The van der Waals surface area contributed by atoms with Crippen LogP contribution in [0.5, 0.6) is 11.5 Å². The van der Waals surface area contributed by atoms with Crippen LogP contribution in [-0.4, -0.2) is 34.4 Å². The first-order valence-corrected chi connectivity index (χ1v) is 10.3. The molecule has 4 N–H and O–H groups in total. The monoisotopic (exact) mass is 471 g/mol. The molecule has 8 nitrogen and oxygen atoms in total. The summed E-state index contributed by atoms with van der Waals surface area (Å²) in [6.07, 6.45) is -3.77. The molecule has 34 heavy (non-hydrogen) atoms. The molecule has 4 rings (SSSR count). The average molecular weight is 471 g/mol. The number of alkyl halides is 3. The third kappa shape index (κ3) is 5.49. The van der Waals surface area contributed by atoms with Gasteiger partial charge in [-0.25, -0.2) is 9.97 Å². The summed E-state index contributed by atoms with van der Waals surface area (Å²) in [6.45, 7) is 0.835. The number of carbonyl (C=O) groups excluding carboxylic acids is 2. The molecule has 2 heterocycles. The number of nitrogens with two attached hydrogens (primary N) is 1. The van der Waals surface area contributed by atoms with Gasteiger partial charge in [-0.05, 0) is 61.0 Å². The van der Waals surface area contributed by atoms with Crippen LogP contribution in [0.3, 0.4) is 0 Å². The molecule has 2 aromatic carbocycles. The van der Waals surface area contributed by atoms with Crippen molar-refractivity contribution < 1.29 is 27.5 Å². The van der Waals surface area contributed by atoms with Gasteiger partial charge in [0.2, 0.25) is 5.91 Å². The summed E-state index contributed by atoms with van der Waals surface area (Å²) in [5, 5.41) is 5.83. The van der Waals surface area contributed by atoms with E-state index in [0.29, 0.717) is 30.0 Å². The zero-order valence-corrected chi connectivity index (χ0v) is 17.7. The van der Waals surface area contributed by atoms with Crippen molar-refractivity contribution in [2.24, 2.45) is 5.73 Å². The largest absolute Gasteiger partial charge is 0.457 e. The Kier molecular flexibility index (Phi) is 6.46. The van der Waals surface area contributed by atoms with Gasteiger partial charge in [0.1, 0.15) is 17.2 Å². The van der Waals surface area contributed by atoms with E-state index < -0.39 is 17.6 Å². The SMILES string of the molecule is NC(=O)c1cc(CNC2CCNC2=O)nc(-c2ccc(Oc3ccc(C(F)(F)F)cc3)cc2)n1. The fourth-order valence-electron chi connectivity index (χ4n) is 3.38. The Balaban J connectivity index is 1.50. The summed E-state index contributed by atoms with van der Waals surface area (Å²) in [7, 11) is 0. The highest BCUT2D eigenvalue weighted by molar-refractivity contribution is 5.91. The Morgan fingerprint density at radius 3 is 2.29 bits per heavy atom. The zero-order valence-electron chi connectivity index (χ0n) is 17.7. The van der Waals surface area contributed by atoms with Gasteiger partial charge in [-0.15, -0.1) is 0 Å². The van der Waals surface area contributed by atoms with Gasteiger partial charge < -0.3 is 21.1 Å². The van der Waals surface area contributed by atoms with Crippen molar-refractivity contribution in [2.75, 3.05) is 6.54 Å². The highest BCUT2D eigenvalue weighted by Gasteiger charge is 2.30. The lowest BCUT2D eigenvalue weighted by molar-refractivity contribution is -0.137. The number of halogens is 3. The number of benzene rings is 2. The van der Waals surface area contributed by atoms with Crippen LogP contribution in [0.4, 0.5) is 13.2 Å². The smallest absolute Gasteiger partial charge is 0.416 e. The Bertz CT molecular complexity index is 1200. The molecule has 0 bridgehead atoms. The summed E-state index contributed by atoms with van der Waals surface area (Å²) in [5.74, 6) is 0.0876. The van der Waals surface area contributed by atoms with Crippen LogP contribution in [0.2, 0.25) is 0 Å². The second-order valence-electron chi connectivity index (χ2n) is 7.59. The van der Waals surface area contributed by atoms with E-state index in [2.05, 4.69) is 20.6 Å². The topological polar surface area (TPSA) is 119 Å². The minimum absolute atomic E-state index is 0.0303. The number of rotatable bonds is 7. The summed E-state index contributed by atoms with van der Waals surface area (Å²) in [6, 6.07) is 12.0. The van der Waals surface area contributed by atoms with Crippen molar-refractivity contribution in [3.63, 3.8) is 0 Å². The number of primary amides is 1. The van der Waals surface area contributed by atoms with Crippen LogP contribution in [-0.2, 0) is 17.5 Å². The average Bonchev–Trinajstić information content (AvgIpc) is 3.22. The maximum absolute atomic E-state index is 12.7. The molecule has 1 fully saturated rings. The molecule has 0 aliphatic carbocycles. The van der Waals surface area contributed by atoms with Gasteiger partial charge in [-0.1, -0.05) is 0 Å². The van der Waals surface area contributed by atoms with Crippen molar-refractivity contribution >= 4 is 11.8 Å². The molecule has 1 saturated heterocycles. The molecule has 0 saturated carbocycles. The Labute approximate surface area is 192 Å². The van der Waals surface area contributed by atoms with Gasteiger partial charge in [0.25, 0.3) is 5.91 Å². The number of hydrogen-bond acceptors (Lipinski definition) is 6. The number of ether oxygens (including phenoxy) is 1. The molecule has 2 amide bonds. The standard InChI is InChI=1S/C23H20F3N5O3/c24-23(25,26)14-3-7-17(8-4-14)34-16-5-1-13(2-6-16)21-30-15(11-19(31-21)20(27)32)12-29-18-9-10-28-22(18)33/h1-8,11,18,29H,9-10,12H2,(H2,27,32)(H,28,33). The highest BCUT2D eigenvalue weighted by Crippen LogP contribution is 2.31. The Morgan fingerprint density at radius 2 is 1.74 bits per heavy atom. The van der Waals surface area contributed by atoms with Crippen LogP contribution in [0.1, 0.15) is 28.2 Å². The van der Waals surface area contributed by atoms with Crippen molar-refractivity contribution in [1.82, 2.24) is 20.6 Å². The molecule has 0 radical (unpaired) electrons. The zero-order chi connectivity index (χ0) is 24.3. The van der Waals surface area contributed by atoms with Crippen molar-refractivity contribution in [2.45, 2.75) is 25.2 Å². The minimum Gasteiger partial charge on any atom is -0.457 e. The predicted octanol–water partition coefficient (Wildman–Crippen LogP) is 3.03. The van der Waals surface area contributed by atoms with Crippen molar-refractivity contribution in [1.29, 1.82) is 0 Å². The van der Waals surface area contributed by atoms with E-state index in [4.69, 9.17) is 10.5 Å². The second kappa shape index (κ2) is 9.48. The third-order valence-corrected chi connectivity index (χ3v) is 5.14. The minimum atomic E-state index is -4.42. The van der Waals surface area contributed by atoms with E-state index in [1.807, 2.05) is 0 Å². The van der Waals surface area contributed by atoms with Crippen molar-refractivity contribution in [3.8, 4) is 22.9 Å². The molecular formula is C23H20F3N5O3. The van der Waals surface area contributed by atoms with E-state index in [1.165, 1.54) is 18.2 Å². The normalized spacial score (nSPS) is 15.7. The number of nitrogens with one attached hydrogen (secondary N) is 2. The summed E-state index contributed by atoms with van der Waals surface area (Å²) >= 11 is 0. The van der Waals surface area contributed by atoms with E-state index in [1.54, 1.807) is 24.3 Å². The molecule has 1 atom stereocenters. The number of nitrogens with zero attached hydrogens (tertiary/aromatic N) is 2. The van der Waals surface area contributed by atoms with Gasteiger partial charge in [0, 0.05) is 18.7 Å². The molecule has 1 aromatic heterocycles. The molecular weight excluding hydrogens is 451 g/mol. The molecule has 1 aliphatic rings. The van der Waals surface area contributed by atoms with Gasteiger partial charge in [0.15, 0.2) is 5.82 Å². The first-order chi connectivity index (χ1) is 16.2. The van der Waals surface area contributed by atoms with E-state index >= 15 is 0 Å². The lowest BCUT2D eigenvalue weighted by Gasteiger charge is -2.12. The second-order valence-corrected chi connectivity index (χ2v) is 7.59. The fourth-order valence-corrected chi connectivity index (χ4v) is 3.38. The fraction of sp³-hybridized carbons (Fsp3) is 0.217. The molecule has 3 aromatic rings. The van der Waals surface area contributed by atoms with Crippen LogP contribution >= 0.6 is 0 Å². The van der Waals surface area contributed by atoms with Crippen LogP contribution < -0.4 is 21.1 Å². The highest BCUT2D eigenvalue weighted by atomic mass is 19.4. The quantitative estimate of drug-likeness (QED) is 0.487. The van der Waals surface area contributed by atoms with Crippen LogP contribution in [0, 0.1) is 0 Å². The number of hydrogen-bond donors (Lipinski definition) is 3. The van der Waals surface area contributed by atoms with Gasteiger partial charge in [0.05, 0.1) is 17.3 Å². The van der Waals surface area contributed by atoms with E-state index in [0.717, 1.165) is 12.1 Å². The summed E-state index contributed by atoms with van der Waals surface area (Å²) in [4.78, 5) is 32.2. The summed E-state index contributed by atoms with van der Waals surface area (Å²) < 4.78 is 43.7. The first kappa shape index (κ1) is 23.2. The van der Waals surface area contributed by atoms with Gasteiger partial charge >= 0.3 is 6.18 Å². The van der Waals surface area contributed by atoms with Crippen molar-refractivity contribution in [3.05, 3.63) is 71.5 Å². The molecule has 176 valence electrons. The number of amides is 2. The number of aromatic nitrogens is 2. The lowest BCUT2D eigenvalue weighted by Crippen LogP contribution is -2.36. The van der Waals surface area contributed by atoms with Gasteiger partial charge in [-0.3, -0.25) is 9.59 Å². The number of carbonyl (C=O) groups is 2. The maximum Gasteiger partial charge on any atom is 0.416 e. The van der Waals surface area contributed by atoms with Crippen LogP contribution in [0.15, 0.2) is 54.6 Å². The third-order valence-electron chi connectivity index (χ3n) is 5.14. The Morgan fingerprint density at radius 1 is 1.09 bits per heavy atom. The molecule has 11 heteroatoms. The molecule has 1 aliphatic heterocycles. The maximum atomic E-state index is 12.7. The van der Waals surface area contributed by atoms with Crippen LogP contribution in [0.25, 0.3) is 11.4 Å². The lowest BCUT2D eigenvalue weighted by atomic mass is 10.1. The molecule has 0 spiro atoms. The van der Waals surface area contributed by atoms with Gasteiger partial charge in [-0.2, -0.15) is 13.2 Å².